The van der Waals surface area contributed by atoms with E-state index in [2.05, 4.69) is 25.2 Å². The van der Waals surface area contributed by atoms with Crippen LogP contribution in [0.4, 0.5) is 0 Å². The van der Waals surface area contributed by atoms with Crippen molar-refractivity contribution in [3.63, 3.8) is 0 Å². The molecule has 1 heterocycles. The number of carbonyl (C=O) groups is 1. The Morgan fingerprint density at radius 2 is 2.04 bits per heavy atom. The highest BCUT2D eigenvalue weighted by Crippen LogP contribution is 2.44. The molecule has 1 aliphatic rings. The fourth-order valence-electron chi connectivity index (χ4n) is 3.21. The number of para-hydroxylation sites is 1. The Balaban J connectivity index is 1.75. The number of nitrogens with one attached hydrogen (secondary N) is 1. The first-order valence-electron chi connectivity index (χ1n) is 8.80. The van der Waals surface area contributed by atoms with Crippen molar-refractivity contribution < 1.29 is 9.90 Å². The second-order valence-electron chi connectivity index (χ2n) is 7.08. The van der Waals surface area contributed by atoms with Crippen LogP contribution in [0.3, 0.4) is 0 Å². The van der Waals surface area contributed by atoms with Gasteiger partial charge in [0.15, 0.2) is 0 Å². The number of hydrogen-bond acceptors (Lipinski definition) is 4. The van der Waals surface area contributed by atoms with Crippen LogP contribution < -0.4 is 5.32 Å². The molecule has 1 fully saturated rings. The lowest BCUT2D eigenvalue weighted by Crippen LogP contribution is -2.44. The number of fused-ring (bicyclic) bond motifs is 1. The molecule has 24 heavy (non-hydrogen) atoms. The molecule has 0 saturated heterocycles. The fourth-order valence-corrected chi connectivity index (χ4v) is 4.32. The standard InChI is InChI=1S/C19H26N2O2S/c1-3-19(4-2,17(23)20-12-18(13-22)9-10-18)11-16-21-14-7-5-6-8-15(14)24-16/h5-8,22H,3-4,9-13H2,1-2H3,(H,20,23). The number of aromatic nitrogens is 1. The molecule has 0 atom stereocenters. The summed E-state index contributed by atoms with van der Waals surface area (Å²) in [7, 11) is 0. The largest absolute Gasteiger partial charge is 0.396 e. The Kier molecular flexibility index (Phi) is 4.92. The van der Waals surface area contributed by atoms with Crippen LogP contribution >= 0.6 is 11.3 Å². The minimum Gasteiger partial charge on any atom is -0.396 e. The molecule has 1 aromatic heterocycles. The monoisotopic (exact) mass is 346 g/mol. The molecular formula is C19H26N2O2S. The molecule has 4 nitrogen and oxygen atoms in total. The number of aliphatic hydroxyl groups excluding tert-OH is 1. The maximum Gasteiger partial charge on any atom is 0.226 e. The van der Waals surface area contributed by atoms with Crippen molar-refractivity contribution in [2.24, 2.45) is 10.8 Å². The molecule has 3 rings (SSSR count). The maximum atomic E-state index is 12.9. The van der Waals surface area contributed by atoms with Gasteiger partial charge in [-0.2, -0.15) is 0 Å². The molecule has 0 bridgehead atoms. The predicted molar refractivity (Wildman–Crippen MR) is 98.1 cm³/mol. The molecule has 0 aliphatic heterocycles. The summed E-state index contributed by atoms with van der Waals surface area (Å²) >= 11 is 1.68. The van der Waals surface area contributed by atoms with Crippen molar-refractivity contribution in [2.45, 2.75) is 46.0 Å². The van der Waals surface area contributed by atoms with Gasteiger partial charge in [-0.05, 0) is 37.8 Å². The molecule has 1 aliphatic carbocycles. The van der Waals surface area contributed by atoms with Gasteiger partial charge in [0.05, 0.1) is 27.2 Å². The SMILES string of the molecule is CCC(CC)(Cc1nc2ccccc2s1)C(=O)NCC1(CO)CC1. The number of amides is 1. The van der Waals surface area contributed by atoms with E-state index in [9.17, 15) is 9.90 Å². The molecule has 1 aromatic carbocycles. The van der Waals surface area contributed by atoms with Crippen molar-refractivity contribution >= 4 is 27.5 Å². The minimum atomic E-state index is -0.417. The zero-order valence-corrected chi connectivity index (χ0v) is 15.3. The number of aliphatic hydroxyl groups is 1. The molecule has 0 unspecified atom stereocenters. The topological polar surface area (TPSA) is 62.2 Å². The average Bonchev–Trinajstić information content (AvgIpc) is 3.29. The van der Waals surface area contributed by atoms with Gasteiger partial charge in [-0.3, -0.25) is 4.79 Å². The number of rotatable bonds is 8. The van der Waals surface area contributed by atoms with E-state index in [-0.39, 0.29) is 17.9 Å². The van der Waals surface area contributed by atoms with E-state index in [0.29, 0.717) is 13.0 Å². The van der Waals surface area contributed by atoms with Gasteiger partial charge >= 0.3 is 0 Å². The molecule has 1 amide bonds. The van der Waals surface area contributed by atoms with E-state index in [0.717, 1.165) is 36.2 Å². The summed E-state index contributed by atoms with van der Waals surface area (Å²) in [5, 5.41) is 13.6. The summed E-state index contributed by atoms with van der Waals surface area (Å²) < 4.78 is 1.17. The van der Waals surface area contributed by atoms with Crippen molar-refractivity contribution in [3.8, 4) is 0 Å². The van der Waals surface area contributed by atoms with Crippen LogP contribution in [-0.2, 0) is 11.2 Å². The summed E-state index contributed by atoms with van der Waals surface area (Å²) in [4.78, 5) is 17.6. The highest BCUT2D eigenvalue weighted by molar-refractivity contribution is 7.18. The Morgan fingerprint density at radius 3 is 2.62 bits per heavy atom. The van der Waals surface area contributed by atoms with Gasteiger partial charge in [0, 0.05) is 18.4 Å². The van der Waals surface area contributed by atoms with E-state index < -0.39 is 5.41 Å². The first-order chi connectivity index (χ1) is 11.6. The normalized spacial score (nSPS) is 16.3. The van der Waals surface area contributed by atoms with Crippen molar-refractivity contribution in [2.75, 3.05) is 13.2 Å². The summed E-state index contributed by atoms with van der Waals surface area (Å²) in [6, 6.07) is 8.12. The van der Waals surface area contributed by atoms with Crippen LogP contribution in [0.1, 0.15) is 44.5 Å². The van der Waals surface area contributed by atoms with Gasteiger partial charge in [0.1, 0.15) is 0 Å². The number of nitrogens with zero attached hydrogens (tertiary/aromatic N) is 1. The van der Waals surface area contributed by atoms with E-state index in [1.807, 2.05) is 18.2 Å². The highest BCUT2D eigenvalue weighted by atomic mass is 32.1. The van der Waals surface area contributed by atoms with Gasteiger partial charge in [-0.1, -0.05) is 26.0 Å². The van der Waals surface area contributed by atoms with Crippen LogP contribution in [0.25, 0.3) is 10.2 Å². The van der Waals surface area contributed by atoms with Gasteiger partial charge in [-0.25, -0.2) is 4.98 Å². The lowest BCUT2D eigenvalue weighted by Gasteiger charge is -2.30. The van der Waals surface area contributed by atoms with Crippen molar-refractivity contribution in [1.29, 1.82) is 0 Å². The van der Waals surface area contributed by atoms with Crippen LogP contribution in [0, 0.1) is 10.8 Å². The molecule has 0 spiro atoms. The number of carbonyl (C=O) groups excluding carboxylic acids is 1. The van der Waals surface area contributed by atoms with E-state index >= 15 is 0 Å². The number of benzene rings is 1. The quantitative estimate of drug-likeness (QED) is 0.768. The second-order valence-corrected chi connectivity index (χ2v) is 8.20. The third-order valence-corrected chi connectivity index (χ3v) is 6.62. The molecule has 130 valence electrons. The van der Waals surface area contributed by atoms with E-state index in [4.69, 9.17) is 4.98 Å². The van der Waals surface area contributed by atoms with Crippen LogP contribution in [0.5, 0.6) is 0 Å². The number of hydrogen-bond donors (Lipinski definition) is 2. The second kappa shape index (κ2) is 6.81. The van der Waals surface area contributed by atoms with Gasteiger partial charge in [-0.15, -0.1) is 11.3 Å². The van der Waals surface area contributed by atoms with Crippen LogP contribution in [0.2, 0.25) is 0 Å². The Bertz CT molecular complexity index is 684. The van der Waals surface area contributed by atoms with Crippen molar-refractivity contribution in [1.82, 2.24) is 10.3 Å². The minimum absolute atomic E-state index is 0.0568. The molecular weight excluding hydrogens is 320 g/mol. The molecule has 1 saturated carbocycles. The zero-order valence-electron chi connectivity index (χ0n) is 14.5. The van der Waals surface area contributed by atoms with Crippen molar-refractivity contribution in [3.05, 3.63) is 29.3 Å². The number of thiazole rings is 1. The maximum absolute atomic E-state index is 12.9. The lowest BCUT2D eigenvalue weighted by molar-refractivity contribution is -0.131. The summed E-state index contributed by atoms with van der Waals surface area (Å²) in [5.41, 5.74) is 0.536. The van der Waals surface area contributed by atoms with E-state index in [1.165, 1.54) is 4.70 Å². The van der Waals surface area contributed by atoms with Crippen LogP contribution in [0.15, 0.2) is 24.3 Å². The Morgan fingerprint density at radius 1 is 1.33 bits per heavy atom. The zero-order chi connectivity index (χ0) is 17.2. The van der Waals surface area contributed by atoms with Crippen LogP contribution in [-0.4, -0.2) is 29.1 Å². The molecule has 2 N–H and O–H groups in total. The smallest absolute Gasteiger partial charge is 0.226 e. The first kappa shape index (κ1) is 17.4. The summed E-state index contributed by atoms with van der Waals surface area (Å²) in [6.45, 7) is 4.91. The predicted octanol–water partition coefficient (Wildman–Crippen LogP) is 3.53. The summed E-state index contributed by atoms with van der Waals surface area (Å²) in [5.74, 6) is 0.103. The average molecular weight is 346 g/mol. The summed E-state index contributed by atoms with van der Waals surface area (Å²) in [6.07, 6.45) is 4.27. The third kappa shape index (κ3) is 3.33. The van der Waals surface area contributed by atoms with E-state index in [1.54, 1.807) is 11.3 Å². The van der Waals surface area contributed by atoms with Gasteiger partial charge in [0.2, 0.25) is 5.91 Å². The fraction of sp³-hybridized carbons (Fsp3) is 0.579. The molecule has 0 radical (unpaired) electrons. The van der Waals surface area contributed by atoms with Gasteiger partial charge < -0.3 is 10.4 Å². The first-order valence-corrected chi connectivity index (χ1v) is 9.62. The molecule has 2 aromatic rings. The Hall–Kier alpha value is -1.46. The third-order valence-electron chi connectivity index (χ3n) is 5.58. The van der Waals surface area contributed by atoms with Gasteiger partial charge in [0.25, 0.3) is 0 Å². The Labute approximate surface area is 147 Å². The highest BCUT2D eigenvalue weighted by Gasteiger charge is 2.44. The molecule has 5 heteroatoms. The lowest BCUT2D eigenvalue weighted by atomic mass is 9.78.